The van der Waals surface area contributed by atoms with Gasteiger partial charge in [0.1, 0.15) is 11.3 Å². The third-order valence-corrected chi connectivity index (χ3v) is 2.72. The van der Waals surface area contributed by atoms with Crippen LogP contribution in [0.5, 0.6) is 0 Å². The molecular weight excluding hydrogens is 234 g/mol. The van der Waals surface area contributed by atoms with Crippen molar-refractivity contribution in [3.63, 3.8) is 0 Å². The molecule has 100 valence electrons. The van der Waals surface area contributed by atoms with Gasteiger partial charge in [-0.2, -0.15) is 0 Å². The van der Waals surface area contributed by atoms with E-state index in [1.54, 1.807) is 11.9 Å². The van der Waals surface area contributed by atoms with E-state index in [4.69, 9.17) is 9.26 Å². The van der Waals surface area contributed by atoms with Crippen molar-refractivity contribution >= 4 is 12.0 Å². The molecular formula is C12H19N3O3. The molecule has 2 heterocycles. The zero-order valence-corrected chi connectivity index (χ0v) is 11.2. The van der Waals surface area contributed by atoms with Crippen molar-refractivity contribution in [2.45, 2.75) is 39.3 Å². The lowest BCUT2D eigenvalue weighted by atomic mass is 10.1. The maximum absolute atomic E-state index is 11.9. The summed E-state index contributed by atoms with van der Waals surface area (Å²) >= 11 is 0. The first-order chi connectivity index (χ1) is 8.40. The first-order valence-corrected chi connectivity index (χ1v) is 6.04. The summed E-state index contributed by atoms with van der Waals surface area (Å²) in [7, 11) is 1.79. The Morgan fingerprint density at radius 3 is 2.83 bits per heavy atom. The zero-order valence-electron chi connectivity index (χ0n) is 11.2. The molecule has 1 aliphatic heterocycles. The Hall–Kier alpha value is -1.72. The number of aromatic nitrogens is 1. The van der Waals surface area contributed by atoms with Crippen LogP contribution in [0.25, 0.3) is 0 Å². The van der Waals surface area contributed by atoms with Gasteiger partial charge in [-0.25, -0.2) is 4.79 Å². The Kier molecular flexibility index (Phi) is 3.19. The fourth-order valence-corrected chi connectivity index (χ4v) is 1.91. The van der Waals surface area contributed by atoms with E-state index in [0.717, 1.165) is 17.7 Å². The van der Waals surface area contributed by atoms with E-state index in [-0.39, 0.29) is 6.09 Å². The lowest BCUT2D eigenvalue weighted by Crippen LogP contribution is -2.39. The Balaban J connectivity index is 2.06. The van der Waals surface area contributed by atoms with Crippen LogP contribution >= 0.6 is 0 Å². The van der Waals surface area contributed by atoms with Gasteiger partial charge in [-0.15, -0.1) is 0 Å². The average Bonchev–Trinajstić information content (AvgIpc) is 2.68. The second-order valence-corrected chi connectivity index (χ2v) is 5.34. The number of ether oxygens (including phenoxy) is 1. The summed E-state index contributed by atoms with van der Waals surface area (Å²) in [5.74, 6) is 0.689. The first kappa shape index (κ1) is 12.7. The summed E-state index contributed by atoms with van der Waals surface area (Å²) in [5, 5.41) is 6.92. The fourth-order valence-electron chi connectivity index (χ4n) is 1.91. The topological polar surface area (TPSA) is 67.6 Å². The Morgan fingerprint density at radius 2 is 2.22 bits per heavy atom. The van der Waals surface area contributed by atoms with Gasteiger partial charge in [-0.1, -0.05) is 5.16 Å². The minimum absolute atomic E-state index is 0.304. The highest BCUT2D eigenvalue weighted by Crippen LogP contribution is 2.26. The molecule has 0 saturated carbocycles. The molecule has 0 aromatic carbocycles. The molecule has 0 spiro atoms. The van der Waals surface area contributed by atoms with Gasteiger partial charge in [-0.3, -0.25) is 0 Å². The number of hydrogen-bond donors (Lipinski definition) is 1. The van der Waals surface area contributed by atoms with Gasteiger partial charge in [-0.05, 0) is 27.2 Å². The van der Waals surface area contributed by atoms with Crippen molar-refractivity contribution in [2.24, 2.45) is 0 Å². The smallest absolute Gasteiger partial charge is 0.410 e. The number of rotatable bonds is 1. The third kappa shape index (κ3) is 2.57. The van der Waals surface area contributed by atoms with Crippen LogP contribution in [-0.2, 0) is 17.7 Å². The molecule has 2 rings (SSSR count). The van der Waals surface area contributed by atoms with Gasteiger partial charge in [0.05, 0.1) is 6.54 Å². The van der Waals surface area contributed by atoms with Crippen LogP contribution in [-0.4, -0.2) is 35.3 Å². The second-order valence-electron chi connectivity index (χ2n) is 5.34. The molecule has 0 bridgehead atoms. The lowest BCUT2D eigenvalue weighted by molar-refractivity contribution is 0.0220. The second kappa shape index (κ2) is 4.51. The standard InChI is InChI=1S/C12H19N3O3/c1-12(2,3)17-11(16)15-6-5-8-9(7-15)14-18-10(8)13-4/h13H,5-7H2,1-4H3. The van der Waals surface area contributed by atoms with Crippen molar-refractivity contribution in [1.29, 1.82) is 0 Å². The van der Waals surface area contributed by atoms with Crippen LogP contribution in [0.2, 0.25) is 0 Å². The molecule has 18 heavy (non-hydrogen) atoms. The predicted octanol–water partition coefficient (Wildman–Crippen LogP) is 2.01. The highest BCUT2D eigenvalue weighted by atomic mass is 16.6. The van der Waals surface area contributed by atoms with E-state index in [2.05, 4.69) is 10.5 Å². The van der Waals surface area contributed by atoms with E-state index in [0.29, 0.717) is 19.0 Å². The first-order valence-electron chi connectivity index (χ1n) is 6.04. The summed E-state index contributed by atoms with van der Waals surface area (Å²) in [4.78, 5) is 13.6. The number of nitrogens with one attached hydrogen (secondary N) is 1. The van der Waals surface area contributed by atoms with Crippen LogP contribution in [0.1, 0.15) is 32.0 Å². The molecule has 1 aromatic rings. The lowest BCUT2D eigenvalue weighted by Gasteiger charge is -2.29. The quantitative estimate of drug-likeness (QED) is 0.829. The summed E-state index contributed by atoms with van der Waals surface area (Å²) < 4.78 is 10.5. The molecule has 0 unspecified atom stereocenters. The van der Waals surface area contributed by atoms with E-state index in [1.807, 2.05) is 20.8 Å². The Morgan fingerprint density at radius 1 is 1.50 bits per heavy atom. The molecule has 0 radical (unpaired) electrons. The summed E-state index contributed by atoms with van der Waals surface area (Å²) in [5.41, 5.74) is 1.38. The summed E-state index contributed by atoms with van der Waals surface area (Å²) in [6, 6.07) is 0. The maximum atomic E-state index is 11.9. The number of fused-ring (bicyclic) bond motifs is 1. The molecule has 0 aliphatic carbocycles. The van der Waals surface area contributed by atoms with Crippen molar-refractivity contribution in [1.82, 2.24) is 10.1 Å². The molecule has 0 atom stereocenters. The van der Waals surface area contributed by atoms with Gasteiger partial charge in [0, 0.05) is 19.2 Å². The molecule has 1 N–H and O–H groups in total. The molecule has 0 fully saturated rings. The maximum Gasteiger partial charge on any atom is 0.410 e. The molecule has 6 heteroatoms. The normalized spacial score (nSPS) is 15.2. The van der Waals surface area contributed by atoms with Gasteiger partial charge < -0.3 is 19.5 Å². The molecule has 1 aliphatic rings. The number of nitrogens with zero attached hydrogens (tertiary/aromatic N) is 2. The summed E-state index contributed by atoms with van der Waals surface area (Å²) in [6.45, 7) is 6.63. The van der Waals surface area contributed by atoms with Crippen molar-refractivity contribution in [3.05, 3.63) is 11.3 Å². The SMILES string of the molecule is CNc1onc2c1CCN(C(=O)OC(C)(C)C)C2. The van der Waals surface area contributed by atoms with Crippen molar-refractivity contribution in [3.8, 4) is 0 Å². The Bertz CT molecular complexity index is 448. The number of anilines is 1. The van der Waals surface area contributed by atoms with Crippen LogP contribution < -0.4 is 5.32 Å². The average molecular weight is 253 g/mol. The largest absolute Gasteiger partial charge is 0.444 e. The number of hydrogen-bond acceptors (Lipinski definition) is 5. The predicted molar refractivity (Wildman–Crippen MR) is 66.4 cm³/mol. The van der Waals surface area contributed by atoms with Crippen LogP contribution in [0.3, 0.4) is 0 Å². The van der Waals surface area contributed by atoms with Crippen LogP contribution in [0.15, 0.2) is 4.52 Å². The van der Waals surface area contributed by atoms with Crippen LogP contribution in [0.4, 0.5) is 10.7 Å². The minimum atomic E-state index is -0.475. The monoisotopic (exact) mass is 253 g/mol. The summed E-state index contributed by atoms with van der Waals surface area (Å²) in [6.07, 6.45) is 0.427. The molecule has 0 saturated heterocycles. The Labute approximate surface area is 106 Å². The molecule has 1 amide bonds. The van der Waals surface area contributed by atoms with Gasteiger partial charge in [0.15, 0.2) is 0 Å². The van der Waals surface area contributed by atoms with Gasteiger partial charge >= 0.3 is 6.09 Å². The third-order valence-electron chi connectivity index (χ3n) is 2.72. The van der Waals surface area contributed by atoms with Gasteiger partial charge in [0.25, 0.3) is 0 Å². The molecule has 1 aromatic heterocycles. The van der Waals surface area contributed by atoms with E-state index >= 15 is 0 Å². The molecule has 6 nitrogen and oxygen atoms in total. The van der Waals surface area contributed by atoms with Crippen molar-refractivity contribution in [2.75, 3.05) is 18.9 Å². The van der Waals surface area contributed by atoms with Gasteiger partial charge in [0.2, 0.25) is 5.88 Å². The number of carbonyl (C=O) groups excluding carboxylic acids is 1. The number of carbonyl (C=O) groups is 1. The number of amides is 1. The zero-order chi connectivity index (χ0) is 13.3. The van der Waals surface area contributed by atoms with E-state index in [9.17, 15) is 4.79 Å². The van der Waals surface area contributed by atoms with Crippen molar-refractivity contribution < 1.29 is 14.1 Å². The highest BCUT2D eigenvalue weighted by Gasteiger charge is 2.29. The minimum Gasteiger partial charge on any atom is -0.444 e. The highest BCUT2D eigenvalue weighted by molar-refractivity contribution is 5.68. The van der Waals surface area contributed by atoms with Crippen LogP contribution in [0, 0.1) is 0 Å². The fraction of sp³-hybridized carbons (Fsp3) is 0.667. The van der Waals surface area contributed by atoms with E-state index in [1.165, 1.54) is 0 Å². The van der Waals surface area contributed by atoms with E-state index < -0.39 is 5.60 Å².